The van der Waals surface area contributed by atoms with E-state index in [2.05, 4.69) is 52.9 Å². The van der Waals surface area contributed by atoms with Gasteiger partial charge in [0.2, 0.25) is 0 Å². The molecule has 0 fully saturated rings. The Bertz CT molecular complexity index is 536. The van der Waals surface area contributed by atoms with Crippen molar-refractivity contribution in [2.75, 3.05) is 6.61 Å². The van der Waals surface area contributed by atoms with Crippen LogP contribution in [0.1, 0.15) is 17.0 Å². The summed E-state index contributed by atoms with van der Waals surface area (Å²) >= 11 is 2.31. The number of halogens is 1. The van der Waals surface area contributed by atoms with E-state index in [4.69, 9.17) is 4.74 Å². The maximum absolute atomic E-state index is 5.89. The molecule has 2 aromatic rings. The average molecular weight is 336 g/mol. The third-order valence-electron chi connectivity index (χ3n) is 3.24. The molecule has 0 N–H and O–H groups in total. The minimum atomic E-state index is 0.571. The van der Waals surface area contributed by atoms with Crippen molar-refractivity contribution >= 4 is 22.6 Å². The summed E-state index contributed by atoms with van der Waals surface area (Å²) in [5.74, 6) is 1.57. The van der Waals surface area contributed by atoms with E-state index in [1.807, 2.05) is 18.2 Å². The van der Waals surface area contributed by atoms with Crippen LogP contribution in [-0.4, -0.2) is 6.61 Å². The van der Waals surface area contributed by atoms with Gasteiger partial charge in [-0.3, -0.25) is 0 Å². The monoisotopic (exact) mass is 336 g/mol. The van der Waals surface area contributed by atoms with Crippen molar-refractivity contribution in [1.82, 2.24) is 0 Å². The van der Waals surface area contributed by atoms with Crippen LogP contribution in [0.15, 0.2) is 48.5 Å². The lowest BCUT2D eigenvalue weighted by Crippen LogP contribution is -2.23. The smallest absolute Gasteiger partial charge is 0.132 e. The second-order valence-electron chi connectivity index (χ2n) is 4.34. The lowest BCUT2D eigenvalue weighted by Gasteiger charge is -2.29. The van der Waals surface area contributed by atoms with E-state index in [1.165, 1.54) is 14.7 Å². The van der Waals surface area contributed by atoms with Crippen molar-refractivity contribution in [3.05, 3.63) is 63.2 Å². The molecule has 0 amide bonds. The predicted molar refractivity (Wildman–Crippen MR) is 77.5 cm³/mol. The highest BCUT2D eigenvalue weighted by Gasteiger charge is 2.25. The Morgan fingerprint density at radius 3 is 2.65 bits per heavy atom. The lowest BCUT2D eigenvalue weighted by molar-refractivity contribution is 0.273. The van der Waals surface area contributed by atoms with Gasteiger partial charge >= 0.3 is 0 Å². The van der Waals surface area contributed by atoms with Gasteiger partial charge in [0.15, 0.2) is 0 Å². The van der Waals surface area contributed by atoms with E-state index in [0.717, 1.165) is 18.8 Å². The van der Waals surface area contributed by atoms with E-state index >= 15 is 0 Å². The van der Waals surface area contributed by atoms with Crippen LogP contribution < -0.4 is 4.74 Å². The summed E-state index contributed by atoms with van der Waals surface area (Å²) in [7, 11) is 0. The molecule has 0 aliphatic heterocycles. The molecule has 1 aliphatic rings. The first kappa shape index (κ1) is 11.1. The normalized spacial score (nSPS) is 17.1. The first-order valence-electron chi connectivity index (χ1n) is 5.80. The van der Waals surface area contributed by atoms with Gasteiger partial charge in [-0.1, -0.05) is 36.4 Å². The molecule has 1 unspecified atom stereocenters. The Balaban J connectivity index is 1.66. The Morgan fingerprint density at radius 2 is 1.82 bits per heavy atom. The van der Waals surface area contributed by atoms with Crippen molar-refractivity contribution < 1.29 is 4.74 Å². The van der Waals surface area contributed by atoms with Crippen molar-refractivity contribution in [1.29, 1.82) is 0 Å². The highest BCUT2D eigenvalue weighted by molar-refractivity contribution is 14.1. The van der Waals surface area contributed by atoms with Crippen LogP contribution in [0.5, 0.6) is 5.75 Å². The second-order valence-corrected chi connectivity index (χ2v) is 5.50. The van der Waals surface area contributed by atoms with Gasteiger partial charge in [0.1, 0.15) is 5.75 Å². The number of para-hydroxylation sites is 1. The number of hydrogen-bond donors (Lipinski definition) is 0. The molecule has 0 saturated carbocycles. The fourth-order valence-electron chi connectivity index (χ4n) is 2.26. The molecule has 0 bridgehead atoms. The zero-order chi connectivity index (χ0) is 11.7. The Labute approximate surface area is 115 Å². The number of fused-ring (bicyclic) bond motifs is 1. The maximum Gasteiger partial charge on any atom is 0.132 e. The first-order chi connectivity index (χ1) is 8.34. The van der Waals surface area contributed by atoms with Gasteiger partial charge in [-0.2, -0.15) is 0 Å². The zero-order valence-corrected chi connectivity index (χ0v) is 11.6. The molecule has 17 heavy (non-hydrogen) atoms. The Kier molecular flexibility index (Phi) is 3.05. The van der Waals surface area contributed by atoms with Crippen molar-refractivity contribution in [3.63, 3.8) is 0 Å². The lowest BCUT2D eigenvalue weighted by atomic mass is 9.78. The number of hydrogen-bond acceptors (Lipinski definition) is 1. The van der Waals surface area contributed by atoms with Gasteiger partial charge in [0.05, 0.1) is 10.2 Å². The Morgan fingerprint density at radius 1 is 1.06 bits per heavy atom. The van der Waals surface area contributed by atoms with Crippen LogP contribution in [0.2, 0.25) is 0 Å². The van der Waals surface area contributed by atoms with Crippen molar-refractivity contribution in [2.24, 2.45) is 0 Å². The van der Waals surface area contributed by atoms with Gasteiger partial charge < -0.3 is 4.74 Å². The summed E-state index contributed by atoms with van der Waals surface area (Å²) < 4.78 is 7.07. The van der Waals surface area contributed by atoms with Crippen LogP contribution in [0.25, 0.3) is 0 Å². The summed E-state index contributed by atoms with van der Waals surface area (Å²) in [6.07, 6.45) is 1.15. The van der Waals surface area contributed by atoms with E-state index < -0.39 is 0 Å². The van der Waals surface area contributed by atoms with E-state index in [0.29, 0.717) is 5.92 Å². The van der Waals surface area contributed by atoms with Gasteiger partial charge in [-0.25, -0.2) is 0 Å². The molecule has 1 atom stereocenters. The third kappa shape index (κ3) is 2.18. The molecule has 86 valence electrons. The molecular weight excluding hydrogens is 323 g/mol. The van der Waals surface area contributed by atoms with Gasteiger partial charge in [0.25, 0.3) is 0 Å². The summed E-state index contributed by atoms with van der Waals surface area (Å²) in [6.45, 7) is 0.789. The number of benzene rings is 2. The molecular formula is C15H13IO. The molecule has 0 radical (unpaired) electrons. The standard InChI is InChI=1S/C15H13IO/c16-14-7-3-4-8-15(14)17-10-12-9-11-5-1-2-6-13(11)12/h1-8,12H,9-10H2. The fraction of sp³-hybridized carbons (Fsp3) is 0.200. The van der Waals surface area contributed by atoms with Crippen LogP contribution in [-0.2, 0) is 6.42 Å². The largest absolute Gasteiger partial charge is 0.492 e. The molecule has 0 spiro atoms. The number of ether oxygens (including phenoxy) is 1. The molecule has 1 nitrogen and oxygen atoms in total. The summed E-state index contributed by atoms with van der Waals surface area (Å²) in [5.41, 5.74) is 2.93. The van der Waals surface area contributed by atoms with E-state index in [9.17, 15) is 0 Å². The first-order valence-corrected chi connectivity index (χ1v) is 6.87. The highest BCUT2D eigenvalue weighted by Crippen LogP contribution is 2.35. The molecule has 1 aliphatic carbocycles. The van der Waals surface area contributed by atoms with Crippen LogP contribution in [0.4, 0.5) is 0 Å². The molecule has 0 aromatic heterocycles. The minimum Gasteiger partial charge on any atom is -0.492 e. The summed E-state index contributed by atoms with van der Waals surface area (Å²) in [4.78, 5) is 0. The molecule has 2 aromatic carbocycles. The van der Waals surface area contributed by atoms with E-state index in [-0.39, 0.29) is 0 Å². The zero-order valence-electron chi connectivity index (χ0n) is 9.40. The van der Waals surface area contributed by atoms with Gasteiger partial charge in [-0.15, -0.1) is 0 Å². The SMILES string of the molecule is Ic1ccccc1OCC1Cc2ccccc21. The van der Waals surface area contributed by atoms with Gasteiger partial charge in [-0.05, 0) is 52.3 Å². The average Bonchev–Trinajstić information content (AvgIpc) is 2.32. The molecule has 0 saturated heterocycles. The fourth-order valence-corrected chi connectivity index (χ4v) is 2.81. The van der Waals surface area contributed by atoms with Crippen LogP contribution in [0.3, 0.4) is 0 Å². The number of rotatable bonds is 3. The summed E-state index contributed by atoms with van der Waals surface area (Å²) in [6, 6.07) is 16.8. The molecule has 0 heterocycles. The summed E-state index contributed by atoms with van der Waals surface area (Å²) in [5, 5.41) is 0. The van der Waals surface area contributed by atoms with Crippen molar-refractivity contribution in [2.45, 2.75) is 12.3 Å². The topological polar surface area (TPSA) is 9.23 Å². The second kappa shape index (κ2) is 4.69. The minimum absolute atomic E-state index is 0.571. The maximum atomic E-state index is 5.89. The van der Waals surface area contributed by atoms with Crippen LogP contribution in [0, 0.1) is 3.57 Å². The van der Waals surface area contributed by atoms with Gasteiger partial charge in [0, 0.05) is 5.92 Å². The van der Waals surface area contributed by atoms with Crippen LogP contribution >= 0.6 is 22.6 Å². The Hall–Kier alpha value is -1.03. The van der Waals surface area contributed by atoms with E-state index in [1.54, 1.807) is 0 Å². The van der Waals surface area contributed by atoms with Crippen molar-refractivity contribution in [3.8, 4) is 5.75 Å². The molecule has 2 heteroatoms. The quantitative estimate of drug-likeness (QED) is 0.770. The predicted octanol–water partition coefficient (Wildman–Crippen LogP) is 4.01. The highest BCUT2D eigenvalue weighted by atomic mass is 127. The molecule has 3 rings (SSSR count). The third-order valence-corrected chi connectivity index (χ3v) is 4.13.